The van der Waals surface area contributed by atoms with Crippen molar-refractivity contribution >= 4 is 23.2 Å². The molecule has 0 aliphatic heterocycles. The number of hydrogen-bond acceptors (Lipinski definition) is 3. The Labute approximate surface area is 194 Å². The molecule has 1 fully saturated rings. The number of thiophene rings is 1. The van der Waals surface area contributed by atoms with Crippen LogP contribution in [0.3, 0.4) is 0 Å². The van der Waals surface area contributed by atoms with Gasteiger partial charge in [-0.05, 0) is 41.8 Å². The smallest absolute Gasteiger partial charge is 0.264 e. The van der Waals surface area contributed by atoms with E-state index in [9.17, 15) is 9.59 Å². The Bertz CT molecular complexity index is 983. The van der Waals surface area contributed by atoms with E-state index in [1.54, 1.807) is 4.90 Å². The summed E-state index contributed by atoms with van der Waals surface area (Å²) in [6.45, 7) is 0.471. The van der Waals surface area contributed by atoms with E-state index in [0.29, 0.717) is 17.8 Å². The van der Waals surface area contributed by atoms with E-state index in [-0.39, 0.29) is 17.9 Å². The summed E-state index contributed by atoms with van der Waals surface area (Å²) < 4.78 is 0. The lowest BCUT2D eigenvalue weighted by atomic mass is 9.94. The second-order valence-electron chi connectivity index (χ2n) is 8.37. The highest BCUT2D eigenvalue weighted by atomic mass is 32.1. The number of carbonyl (C=O) groups is 2. The fraction of sp³-hybridized carbons (Fsp3) is 0.333. The highest BCUT2D eigenvalue weighted by molar-refractivity contribution is 7.12. The van der Waals surface area contributed by atoms with Crippen LogP contribution in [0.4, 0.5) is 0 Å². The van der Waals surface area contributed by atoms with Gasteiger partial charge in [0.25, 0.3) is 5.91 Å². The van der Waals surface area contributed by atoms with Gasteiger partial charge in [0.05, 0.1) is 4.88 Å². The summed E-state index contributed by atoms with van der Waals surface area (Å²) in [5.74, 6) is -0.176. The summed E-state index contributed by atoms with van der Waals surface area (Å²) in [5.41, 5.74) is 2.00. The SMILES string of the molecule is O=C(NC1CCCCC1)C(c1ccccc1)N(CCc1ccccc1)C(=O)c1cccs1. The zero-order valence-electron chi connectivity index (χ0n) is 18.3. The van der Waals surface area contributed by atoms with Crippen molar-refractivity contribution in [1.82, 2.24) is 10.2 Å². The number of amides is 2. The molecule has 4 nitrogen and oxygen atoms in total. The molecule has 0 radical (unpaired) electrons. The molecule has 1 heterocycles. The van der Waals surface area contributed by atoms with Gasteiger partial charge in [-0.25, -0.2) is 0 Å². The molecule has 1 aliphatic carbocycles. The minimum atomic E-state index is -0.656. The highest BCUT2D eigenvalue weighted by Crippen LogP contribution is 2.27. The first kappa shape index (κ1) is 22.3. The quantitative estimate of drug-likeness (QED) is 0.488. The number of rotatable bonds is 8. The van der Waals surface area contributed by atoms with Crippen LogP contribution in [-0.4, -0.2) is 29.3 Å². The third-order valence-electron chi connectivity index (χ3n) is 6.10. The van der Waals surface area contributed by atoms with E-state index < -0.39 is 6.04 Å². The van der Waals surface area contributed by atoms with Crippen molar-refractivity contribution in [3.63, 3.8) is 0 Å². The number of nitrogens with one attached hydrogen (secondary N) is 1. The lowest BCUT2D eigenvalue weighted by Gasteiger charge is -2.33. The molecule has 3 aromatic rings. The maximum Gasteiger partial charge on any atom is 0.264 e. The molecule has 1 atom stereocenters. The van der Waals surface area contributed by atoms with Crippen LogP contribution in [0.2, 0.25) is 0 Å². The van der Waals surface area contributed by atoms with E-state index in [4.69, 9.17) is 0 Å². The van der Waals surface area contributed by atoms with Gasteiger partial charge in [0.15, 0.2) is 0 Å². The molecule has 0 saturated heterocycles. The first-order chi connectivity index (χ1) is 15.7. The predicted octanol–water partition coefficient (Wildman–Crippen LogP) is 5.62. The molecule has 2 amide bonds. The topological polar surface area (TPSA) is 49.4 Å². The molecule has 4 rings (SSSR count). The molecule has 166 valence electrons. The molecular formula is C27H30N2O2S. The largest absolute Gasteiger partial charge is 0.351 e. The summed E-state index contributed by atoms with van der Waals surface area (Å²) in [5, 5.41) is 5.17. The number of carbonyl (C=O) groups excluding carboxylic acids is 2. The molecule has 1 unspecified atom stereocenters. The third-order valence-corrected chi connectivity index (χ3v) is 6.96. The van der Waals surface area contributed by atoms with Crippen molar-refractivity contribution in [1.29, 1.82) is 0 Å². The Morgan fingerprint density at radius 3 is 2.25 bits per heavy atom. The van der Waals surface area contributed by atoms with Gasteiger partial charge in [-0.3, -0.25) is 9.59 Å². The average Bonchev–Trinajstić information content (AvgIpc) is 3.38. The van der Waals surface area contributed by atoms with Gasteiger partial charge >= 0.3 is 0 Å². The first-order valence-corrected chi connectivity index (χ1v) is 12.3. The molecule has 0 spiro atoms. The lowest BCUT2D eigenvalue weighted by molar-refractivity contribution is -0.126. The minimum absolute atomic E-state index is 0.0823. The Hall–Kier alpha value is -2.92. The standard InChI is InChI=1S/C27H30N2O2S/c30-26(28-23-15-8-3-9-16-23)25(22-13-6-2-7-14-22)29(27(31)24-17-10-20-32-24)19-18-21-11-4-1-5-12-21/h1-2,4-7,10-14,17,20,23,25H,3,8-9,15-16,18-19H2,(H,28,30). The van der Waals surface area contributed by atoms with Crippen LogP contribution in [-0.2, 0) is 11.2 Å². The van der Waals surface area contributed by atoms with Crippen LogP contribution >= 0.6 is 11.3 Å². The molecule has 1 aromatic heterocycles. The predicted molar refractivity (Wildman–Crippen MR) is 130 cm³/mol. The van der Waals surface area contributed by atoms with Gasteiger partial charge in [-0.2, -0.15) is 0 Å². The van der Waals surface area contributed by atoms with Gasteiger partial charge in [0.1, 0.15) is 6.04 Å². The van der Waals surface area contributed by atoms with Crippen molar-refractivity contribution in [2.45, 2.75) is 50.6 Å². The Balaban J connectivity index is 1.64. The van der Waals surface area contributed by atoms with Gasteiger partial charge in [0.2, 0.25) is 5.91 Å². The second kappa shape index (κ2) is 11.1. The molecular weight excluding hydrogens is 416 g/mol. The fourth-order valence-corrected chi connectivity index (χ4v) is 5.10. The normalized spacial score (nSPS) is 15.1. The van der Waals surface area contributed by atoms with Crippen molar-refractivity contribution in [2.75, 3.05) is 6.54 Å². The molecule has 1 N–H and O–H groups in total. The maximum absolute atomic E-state index is 13.6. The van der Waals surface area contributed by atoms with Crippen molar-refractivity contribution < 1.29 is 9.59 Å². The monoisotopic (exact) mass is 446 g/mol. The Morgan fingerprint density at radius 2 is 1.59 bits per heavy atom. The van der Waals surface area contributed by atoms with Gasteiger partial charge in [0, 0.05) is 12.6 Å². The van der Waals surface area contributed by atoms with Crippen LogP contribution in [0.1, 0.15) is 58.9 Å². The van der Waals surface area contributed by atoms with Crippen LogP contribution in [0.25, 0.3) is 0 Å². The number of nitrogens with zero attached hydrogens (tertiary/aromatic N) is 1. The van der Waals surface area contributed by atoms with E-state index in [2.05, 4.69) is 17.4 Å². The molecule has 2 aromatic carbocycles. The number of hydrogen-bond donors (Lipinski definition) is 1. The second-order valence-corrected chi connectivity index (χ2v) is 9.32. The van der Waals surface area contributed by atoms with E-state index >= 15 is 0 Å². The molecule has 0 bridgehead atoms. The van der Waals surface area contributed by atoms with E-state index in [1.165, 1.54) is 17.8 Å². The van der Waals surface area contributed by atoms with Crippen LogP contribution in [0.15, 0.2) is 78.2 Å². The van der Waals surface area contributed by atoms with Gasteiger partial charge in [-0.15, -0.1) is 11.3 Å². The summed E-state index contributed by atoms with van der Waals surface area (Å²) >= 11 is 1.42. The average molecular weight is 447 g/mol. The fourth-order valence-electron chi connectivity index (χ4n) is 4.42. The zero-order chi connectivity index (χ0) is 22.2. The Morgan fingerprint density at radius 1 is 0.906 bits per heavy atom. The minimum Gasteiger partial charge on any atom is -0.351 e. The van der Waals surface area contributed by atoms with Crippen molar-refractivity contribution in [3.8, 4) is 0 Å². The third kappa shape index (κ3) is 5.65. The van der Waals surface area contributed by atoms with Crippen molar-refractivity contribution in [3.05, 3.63) is 94.2 Å². The van der Waals surface area contributed by atoms with Crippen LogP contribution < -0.4 is 5.32 Å². The van der Waals surface area contributed by atoms with E-state index in [1.807, 2.05) is 66.0 Å². The molecule has 5 heteroatoms. The van der Waals surface area contributed by atoms with Crippen LogP contribution in [0, 0.1) is 0 Å². The number of benzene rings is 2. The van der Waals surface area contributed by atoms with Gasteiger partial charge < -0.3 is 10.2 Å². The zero-order valence-corrected chi connectivity index (χ0v) is 19.1. The van der Waals surface area contributed by atoms with Crippen molar-refractivity contribution in [2.24, 2.45) is 0 Å². The summed E-state index contributed by atoms with van der Waals surface area (Å²) in [4.78, 5) is 29.6. The summed E-state index contributed by atoms with van der Waals surface area (Å²) in [7, 11) is 0. The molecule has 32 heavy (non-hydrogen) atoms. The van der Waals surface area contributed by atoms with Gasteiger partial charge in [-0.1, -0.05) is 86.0 Å². The Kier molecular flexibility index (Phi) is 7.73. The summed E-state index contributed by atoms with van der Waals surface area (Å²) in [6, 6.07) is 23.1. The highest BCUT2D eigenvalue weighted by Gasteiger charge is 2.33. The first-order valence-electron chi connectivity index (χ1n) is 11.5. The summed E-state index contributed by atoms with van der Waals surface area (Å²) in [6.07, 6.45) is 6.23. The van der Waals surface area contributed by atoms with E-state index in [0.717, 1.165) is 36.8 Å². The lowest BCUT2D eigenvalue weighted by Crippen LogP contribution is -2.47. The molecule has 1 aliphatic rings. The molecule has 1 saturated carbocycles. The maximum atomic E-state index is 13.6. The van der Waals surface area contributed by atoms with Crippen LogP contribution in [0.5, 0.6) is 0 Å².